The molecule has 2 aromatic rings. The first-order valence-electron chi connectivity index (χ1n) is 3.70. The van der Waals surface area contributed by atoms with Gasteiger partial charge < -0.3 is 9.97 Å². The summed E-state index contributed by atoms with van der Waals surface area (Å²) in [4.78, 5) is 6.31. The number of aromatic nitrogens is 2. The summed E-state index contributed by atoms with van der Waals surface area (Å²) in [5.74, 6) is 0. The van der Waals surface area contributed by atoms with Crippen molar-refractivity contribution in [1.82, 2.24) is 9.97 Å². The minimum atomic E-state index is 0. The third kappa shape index (κ3) is 2.82. The highest BCUT2D eigenvalue weighted by Crippen LogP contribution is 2.03. The van der Waals surface area contributed by atoms with Gasteiger partial charge in [0.15, 0.2) is 0 Å². The lowest BCUT2D eigenvalue weighted by atomic mass is 10.2. The molecule has 0 aromatic carbocycles. The SMILES string of the molecule is F.[B].c1c[nH]c(Cc2ccc[nH]2)c1. The van der Waals surface area contributed by atoms with E-state index in [1.165, 1.54) is 11.4 Å². The van der Waals surface area contributed by atoms with Crippen molar-refractivity contribution >= 4 is 8.41 Å². The second-order valence-corrected chi connectivity index (χ2v) is 2.57. The highest BCUT2D eigenvalue weighted by atomic mass is 19.0. The summed E-state index contributed by atoms with van der Waals surface area (Å²) in [6.07, 6.45) is 4.84. The molecular formula is C9H11BFN2. The zero-order chi connectivity index (χ0) is 7.52. The molecule has 0 spiro atoms. The molecule has 0 bridgehead atoms. The van der Waals surface area contributed by atoms with Crippen LogP contribution in [-0.4, -0.2) is 18.4 Å². The van der Waals surface area contributed by atoms with Crippen molar-refractivity contribution < 1.29 is 4.70 Å². The van der Waals surface area contributed by atoms with E-state index in [9.17, 15) is 0 Å². The Morgan fingerprint density at radius 1 is 0.923 bits per heavy atom. The van der Waals surface area contributed by atoms with Gasteiger partial charge in [0.1, 0.15) is 0 Å². The molecule has 3 radical (unpaired) electrons. The van der Waals surface area contributed by atoms with Gasteiger partial charge in [-0.1, -0.05) is 0 Å². The van der Waals surface area contributed by atoms with E-state index in [4.69, 9.17) is 0 Å². The third-order valence-electron chi connectivity index (χ3n) is 1.71. The van der Waals surface area contributed by atoms with Crippen LogP contribution in [0.25, 0.3) is 0 Å². The van der Waals surface area contributed by atoms with E-state index >= 15 is 0 Å². The van der Waals surface area contributed by atoms with Crippen LogP contribution in [0.2, 0.25) is 0 Å². The van der Waals surface area contributed by atoms with Gasteiger partial charge in [0.2, 0.25) is 0 Å². The van der Waals surface area contributed by atoms with E-state index < -0.39 is 0 Å². The molecule has 0 aliphatic carbocycles. The van der Waals surface area contributed by atoms with Crippen molar-refractivity contribution in [2.75, 3.05) is 0 Å². The lowest BCUT2D eigenvalue weighted by Gasteiger charge is -1.92. The molecule has 0 unspecified atom stereocenters. The van der Waals surface area contributed by atoms with E-state index in [1.54, 1.807) is 0 Å². The normalized spacial score (nSPS) is 8.62. The maximum Gasteiger partial charge on any atom is 0.0278 e. The highest BCUT2D eigenvalue weighted by molar-refractivity contribution is 5.75. The van der Waals surface area contributed by atoms with Crippen LogP contribution in [-0.2, 0) is 6.42 Å². The molecule has 2 heterocycles. The maximum absolute atomic E-state index is 3.16. The molecule has 0 aliphatic rings. The Kier molecular flexibility index (Phi) is 4.66. The molecule has 2 nitrogen and oxygen atoms in total. The first-order valence-corrected chi connectivity index (χ1v) is 3.70. The Morgan fingerprint density at radius 2 is 1.38 bits per heavy atom. The van der Waals surface area contributed by atoms with Crippen molar-refractivity contribution in [2.24, 2.45) is 0 Å². The summed E-state index contributed by atoms with van der Waals surface area (Å²) in [6, 6.07) is 8.19. The number of H-pyrrole nitrogens is 2. The van der Waals surface area contributed by atoms with Crippen LogP contribution in [0.15, 0.2) is 36.7 Å². The van der Waals surface area contributed by atoms with Gasteiger partial charge in [-0.15, -0.1) is 0 Å². The molecular weight excluding hydrogens is 166 g/mol. The molecule has 67 valence electrons. The highest BCUT2D eigenvalue weighted by Gasteiger charge is 1.94. The monoisotopic (exact) mass is 177 g/mol. The van der Waals surface area contributed by atoms with Crippen molar-refractivity contribution in [1.29, 1.82) is 0 Å². The molecule has 0 fully saturated rings. The smallest absolute Gasteiger partial charge is 0.0278 e. The second kappa shape index (κ2) is 5.24. The topological polar surface area (TPSA) is 31.6 Å². The van der Waals surface area contributed by atoms with Crippen LogP contribution in [0, 0.1) is 0 Å². The molecule has 0 atom stereocenters. The van der Waals surface area contributed by atoms with Crippen LogP contribution in [0.5, 0.6) is 0 Å². The predicted octanol–water partition coefficient (Wildman–Crippen LogP) is 1.71. The van der Waals surface area contributed by atoms with Gasteiger partial charge in [0, 0.05) is 38.6 Å². The zero-order valence-corrected chi connectivity index (χ0v) is 7.16. The average Bonchev–Trinajstić information content (AvgIpc) is 2.60. The van der Waals surface area contributed by atoms with Crippen molar-refractivity contribution in [3.05, 3.63) is 48.0 Å². The summed E-state index contributed by atoms with van der Waals surface area (Å²) >= 11 is 0. The number of halogens is 1. The Hall–Kier alpha value is -1.45. The van der Waals surface area contributed by atoms with E-state index in [2.05, 4.69) is 22.1 Å². The standard InChI is InChI=1S/C9H10N2.B.FH/c1-3-8(10-5-1)7-9-4-2-6-11-9;;/h1-6,10-11H,7H2;;1H. The molecule has 4 heteroatoms. The Labute approximate surface area is 78.3 Å². The molecule has 2 rings (SSSR count). The van der Waals surface area contributed by atoms with Gasteiger partial charge in [-0.25, -0.2) is 0 Å². The van der Waals surface area contributed by atoms with Crippen LogP contribution in [0.4, 0.5) is 4.70 Å². The second-order valence-electron chi connectivity index (χ2n) is 2.57. The van der Waals surface area contributed by atoms with Gasteiger partial charge in [0.05, 0.1) is 0 Å². The van der Waals surface area contributed by atoms with Gasteiger partial charge in [-0.2, -0.15) is 0 Å². The molecule has 0 amide bonds. The van der Waals surface area contributed by atoms with Gasteiger partial charge in [-0.3, -0.25) is 4.70 Å². The van der Waals surface area contributed by atoms with E-state index in [-0.39, 0.29) is 13.1 Å². The van der Waals surface area contributed by atoms with Crippen molar-refractivity contribution in [2.45, 2.75) is 6.42 Å². The van der Waals surface area contributed by atoms with Crippen LogP contribution >= 0.6 is 0 Å². The molecule has 0 aliphatic heterocycles. The largest absolute Gasteiger partial charge is 0.365 e. The summed E-state index contributed by atoms with van der Waals surface area (Å²) in [5, 5.41) is 0. The van der Waals surface area contributed by atoms with Crippen LogP contribution < -0.4 is 0 Å². The summed E-state index contributed by atoms with van der Waals surface area (Å²) in [6.45, 7) is 0. The van der Waals surface area contributed by atoms with Crippen molar-refractivity contribution in [3.63, 3.8) is 0 Å². The Balaban J connectivity index is 0.000000720. The third-order valence-corrected chi connectivity index (χ3v) is 1.71. The Morgan fingerprint density at radius 3 is 1.69 bits per heavy atom. The van der Waals surface area contributed by atoms with E-state index in [0.717, 1.165) is 6.42 Å². The van der Waals surface area contributed by atoms with Crippen LogP contribution in [0.3, 0.4) is 0 Å². The number of rotatable bonds is 2. The molecule has 2 N–H and O–H groups in total. The fraction of sp³-hybridized carbons (Fsp3) is 0.111. The zero-order valence-electron chi connectivity index (χ0n) is 7.16. The fourth-order valence-corrected chi connectivity index (χ4v) is 1.16. The van der Waals surface area contributed by atoms with E-state index in [0.29, 0.717) is 0 Å². The number of hydrogen-bond acceptors (Lipinski definition) is 0. The molecule has 0 saturated carbocycles. The van der Waals surface area contributed by atoms with Gasteiger partial charge >= 0.3 is 0 Å². The number of hydrogen-bond donors (Lipinski definition) is 2. The van der Waals surface area contributed by atoms with Crippen molar-refractivity contribution in [3.8, 4) is 0 Å². The predicted molar refractivity (Wildman–Crippen MR) is 52.6 cm³/mol. The molecule has 13 heavy (non-hydrogen) atoms. The Bertz CT molecular complexity index is 270. The van der Waals surface area contributed by atoms with Gasteiger partial charge in [0.25, 0.3) is 0 Å². The first-order chi connectivity index (χ1) is 5.45. The minimum Gasteiger partial charge on any atom is -0.365 e. The summed E-state index contributed by atoms with van der Waals surface area (Å²) < 4.78 is 0. The lowest BCUT2D eigenvalue weighted by Crippen LogP contribution is -1.86. The molecule has 2 aromatic heterocycles. The minimum absolute atomic E-state index is 0. The van der Waals surface area contributed by atoms with Gasteiger partial charge in [-0.05, 0) is 24.3 Å². The number of nitrogens with one attached hydrogen (secondary N) is 2. The van der Waals surface area contributed by atoms with Crippen LogP contribution in [0.1, 0.15) is 11.4 Å². The fourth-order valence-electron chi connectivity index (χ4n) is 1.16. The first kappa shape index (κ1) is 11.6. The lowest BCUT2D eigenvalue weighted by molar-refractivity contribution is 1.05. The summed E-state index contributed by atoms with van der Waals surface area (Å²) in [7, 11) is 0. The summed E-state index contributed by atoms with van der Waals surface area (Å²) in [5.41, 5.74) is 2.49. The average molecular weight is 177 g/mol. The van der Waals surface area contributed by atoms with E-state index in [1.807, 2.05) is 24.5 Å². The molecule has 0 saturated heterocycles. The number of aromatic amines is 2. The quantitative estimate of drug-likeness (QED) is 0.654. The maximum atomic E-state index is 3.16.